The summed E-state index contributed by atoms with van der Waals surface area (Å²) in [5, 5.41) is 17.9. The average Bonchev–Trinajstić information content (AvgIpc) is 3.24. The van der Waals surface area contributed by atoms with Crippen LogP contribution in [0.15, 0.2) is 39.7 Å². The molecule has 2 heterocycles. The number of hydrogen-bond acceptors (Lipinski definition) is 8. The Morgan fingerprint density at radius 1 is 1.19 bits per heavy atom. The van der Waals surface area contributed by atoms with Crippen LogP contribution in [0.5, 0.6) is 0 Å². The van der Waals surface area contributed by atoms with E-state index in [1.54, 1.807) is 11.8 Å². The molecule has 1 aliphatic carbocycles. The van der Waals surface area contributed by atoms with E-state index in [4.69, 9.17) is 15.0 Å². The molecule has 0 spiro atoms. The number of rotatable bonds is 11. The van der Waals surface area contributed by atoms with Crippen molar-refractivity contribution in [3.63, 3.8) is 0 Å². The first kappa shape index (κ1) is 28.0. The van der Waals surface area contributed by atoms with E-state index in [0.717, 1.165) is 84.4 Å². The summed E-state index contributed by atoms with van der Waals surface area (Å²) in [6.07, 6.45) is 6.11. The number of thioether (sulfide) groups is 2. The van der Waals surface area contributed by atoms with Crippen LogP contribution in [0.2, 0.25) is 0 Å². The van der Waals surface area contributed by atoms with Crippen LogP contribution in [-0.2, 0) is 6.42 Å². The Kier molecular flexibility index (Phi) is 10.3. The van der Waals surface area contributed by atoms with Crippen LogP contribution in [0.1, 0.15) is 69.7 Å². The number of aliphatic imine (C=N–C) groups is 1. The molecule has 0 saturated heterocycles. The lowest BCUT2D eigenvalue weighted by Crippen LogP contribution is -2.21. The minimum absolute atomic E-state index is 0.253. The first-order valence-corrected chi connectivity index (χ1v) is 15.6. The van der Waals surface area contributed by atoms with Crippen LogP contribution in [-0.4, -0.2) is 50.8 Å². The van der Waals surface area contributed by atoms with Gasteiger partial charge in [-0.05, 0) is 80.6 Å². The fourth-order valence-electron chi connectivity index (χ4n) is 5.00. The van der Waals surface area contributed by atoms with Crippen LogP contribution < -0.4 is 10.6 Å². The molecule has 200 valence electrons. The fourth-order valence-corrected chi connectivity index (χ4v) is 7.06. The number of allylic oxidation sites excluding steroid dienone is 1. The van der Waals surface area contributed by atoms with Crippen molar-refractivity contribution in [2.75, 3.05) is 35.3 Å². The van der Waals surface area contributed by atoms with Crippen molar-refractivity contribution >= 4 is 46.0 Å². The van der Waals surface area contributed by atoms with Crippen molar-refractivity contribution in [2.45, 2.75) is 72.3 Å². The number of hydrogen-bond donors (Lipinski definition) is 3. The summed E-state index contributed by atoms with van der Waals surface area (Å²) in [7, 11) is 0. The Morgan fingerprint density at radius 3 is 2.78 bits per heavy atom. The smallest absolute Gasteiger partial charge is 0.224 e. The number of nitrogens with one attached hydrogen (secondary N) is 2. The maximum absolute atomic E-state index is 9.67. The molecule has 2 atom stereocenters. The van der Waals surface area contributed by atoms with Gasteiger partial charge in [-0.3, -0.25) is 0 Å². The van der Waals surface area contributed by atoms with Gasteiger partial charge in [-0.15, -0.1) is 23.5 Å². The molecule has 0 bridgehead atoms. The van der Waals surface area contributed by atoms with Crippen LogP contribution in [0.3, 0.4) is 0 Å². The van der Waals surface area contributed by atoms with Gasteiger partial charge in [0, 0.05) is 24.9 Å². The van der Waals surface area contributed by atoms with E-state index in [2.05, 4.69) is 62.6 Å². The largest absolute Gasteiger partial charge is 0.396 e. The van der Waals surface area contributed by atoms with Gasteiger partial charge in [-0.25, -0.2) is 9.98 Å². The van der Waals surface area contributed by atoms with Crippen molar-refractivity contribution < 1.29 is 5.11 Å². The minimum atomic E-state index is 0.253. The van der Waals surface area contributed by atoms with Crippen LogP contribution in [0.25, 0.3) is 0 Å². The Morgan fingerprint density at radius 2 is 2.03 bits per heavy atom. The maximum atomic E-state index is 9.67. The molecule has 6 nitrogen and oxygen atoms in total. The molecule has 37 heavy (non-hydrogen) atoms. The molecular formula is C29H41N5OS2. The molecule has 1 aliphatic heterocycles. The lowest BCUT2D eigenvalue weighted by molar-refractivity contribution is 0.229. The number of aryl methyl sites for hydroxylation is 2. The number of aliphatic hydroxyl groups is 1. The molecule has 1 saturated carbocycles. The highest BCUT2D eigenvalue weighted by atomic mass is 32.2. The lowest BCUT2D eigenvalue weighted by Gasteiger charge is -2.20. The highest BCUT2D eigenvalue weighted by molar-refractivity contribution is 8.14. The number of para-hydroxylation sites is 1. The summed E-state index contributed by atoms with van der Waals surface area (Å²) in [6.45, 7) is 9.79. The molecule has 8 heteroatoms. The summed E-state index contributed by atoms with van der Waals surface area (Å²) in [4.78, 5) is 16.5. The summed E-state index contributed by atoms with van der Waals surface area (Å²) in [5.41, 5.74) is 5.73. The van der Waals surface area contributed by atoms with Gasteiger partial charge in [0.05, 0.1) is 16.9 Å². The lowest BCUT2D eigenvalue weighted by atomic mass is 10.1. The van der Waals surface area contributed by atoms with Crippen molar-refractivity contribution in [3.8, 4) is 0 Å². The Labute approximate surface area is 230 Å². The van der Waals surface area contributed by atoms with E-state index in [-0.39, 0.29) is 6.61 Å². The topological polar surface area (TPSA) is 82.4 Å². The number of aliphatic hydroxyl groups excluding tert-OH is 1. The first-order valence-electron chi connectivity index (χ1n) is 13.6. The Bertz CT molecular complexity index is 1130. The van der Waals surface area contributed by atoms with Crippen LogP contribution >= 0.6 is 23.5 Å². The van der Waals surface area contributed by atoms with Crippen molar-refractivity contribution in [2.24, 2.45) is 10.9 Å². The number of aromatic nitrogens is 2. The molecule has 2 aromatic rings. The van der Waals surface area contributed by atoms with Gasteiger partial charge in [0.1, 0.15) is 10.9 Å². The van der Waals surface area contributed by atoms with Crippen LogP contribution in [0, 0.1) is 12.8 Å². The van der Waals surface area contributed by atoms with Crippen molar-refractivity contribution in [3.05, 3.63) is 51.6 Å². The third-order valence-electron chi connectivity index (χ3n) is 7.23. The van der Waals surface area contributed by atoms with Gasteiger partial charge >= 0.3 is 0 Å². The number of fused-ring (bicyclic) bond motifs is 1. The predicted octanol–water partition coefficient (Wildman–Crippen LogP) is 6.96. The van der Waals surface area contributed by atoms with Gasteiger partial charge < -0.3 is 15.7 Å². The second kappa shape index (κ2) is 13.7. The molecule has 1 fully saturated rings. The van der Waals surface area contributed by atoms with Gasteiger partial charge in [0.2, 0.25) is 5.95 Å². The van der Waals surface area contributed by atoms with E-state index in [0.29, 0.717) is 17.9 Å². The standard InChI is InChI=1S/C29H41N5OS2/c1-5-19(3)25(36-6-2)13-15-30-29-31-20(4)26(27(34-29)32-23-12-11-21(17-23)18-35)28-33-24-10-8-7-9-22(24)14-16-37-28/h7-10,21,23,35H,5-6,11-18H2,1-4H3,(H2,30,31,32,34)/b25-19-/t21-,23?/m1/s1. The van der Waals surface area contributed by atoms with E-state index >= 15 is 0 Å². The van der Waals surface area contributed by atoms with Gasteiger partial charge in [0.15, 0.2) is 0 Å². The second-order valence-electron chi connectivity index (χ2n) is 9.87. The molecule has 2 aliphatic rings. The summed E-state index contributed by atoms with van der Waals surface area (Å²) >= 11 is 3.72. The minimum Gasteiger partial charge on any atom is -0.396 e. The van der Waals surface area contributed by atoms with Gasteiger partial charge in [-0.2, -0.15) is 4.98 Å². The molecule has 4 rings (SSSR count). The van der Waals surface area contributed by atoms with Crippen LogP contribution in [0.4, 0.5) is 17.5 Å². The monoisotopic (exact) mass is 539 g/mol. The van der Waals surface area contributed by atoms with E-state index in [1.807, 2.05) is 11.8 Å². The zero-order valence-electron chi connectivity index (χ0n) is 22.6. The molecule has 3 N–H and O–H groups in total. The first-order chi connectivity index (χ1) is 18.0. The number of anilines is 2. The van der Waals surface area contributed by atoms with E-state index < -0.39 is 0 Å². The molecule has 0 amide bonds. The zero-order valence-corrected chi connectivity index (χ0v) is 24.3. The van der Waals surface area contributed by atoms with Crippen molar-refractivity contribution in [1.82, 2.24) is 9.97 Å². The summed E-state index contributed by atoms with van der Waals surface area (Å²) < 4.78 is 0. The van der Waals surface area contributed by atoms with Gasteiger partial charge in [-0.1, -0.05) is 37.6 Å². The molecule has 1 aromatic carbocycles. The van der Waals surface area contributed by atoms with Gasteiger partial charge in [0.25, 0.3) is 0 Å². The third-order valence-corrected chi connectivity index (χ3v) is 9.39. The fraction of sp³-hybridized carbons (Fsp3) is 0.552. The normalized spacial score (nSPS) is 20.1. The SMILES string of the molecule is CCS/C(CCNc1nc(C)c(C2=Nc3ccccc3CCS2)c(NC2CC[C@@H](CO)C2)n1)=C(/C)CC. The molecule has 1 unspecified atom stereocenters. The van der Waals surface area contributed by atoms with E-state index in [1.165, 1.54) is 16.0 Å². The summed E-state index contributed by atoms with van der Waals surface area (Å²) in [5.74, 6) is 3.94. The van der Waals surface area contributed by atoms with Crippen molar-refractivity contribution in [1.29, 1.82) is 0 Å². The third kappa shape index (κ3) is 7.30. The average molecular weight is 540 g/mol. The Hall–Kier alpha value is -2.03. The highest BCUT2D eigenvalue weighted by Crippen LogP contribution is 2.34. The number of benzene rings is 1. The second-order valence-corrected chi connectivity index (χ2v) is 12.3. The Balaban J connectivity index is 1.62. The molecule has 0 radical (unpaired) electrons. The predicted molar refractivity (Wildman–Crippen MR) is 162 cm³/mol. The molecular weight excluding hydrogens is 498 g/mol. The molecule has 1 aromatic heterocycles. The number of nitrogens with zero attached hydrogens (tertiary/aromatic N) is 3. The maximum Gasteiger partial charge on any atom is 0.224 e. The summed E-state index contributed by atoms with van der Waals surface area (Å²) in [6, 6.07) is 8.71. The highest BCUT2D eigenvalue weighted by Gasteiger charge is 2.27. The van der Waals surface area contributed by atoms with E-state index in [9.17, 15) is 5.11 Å². The quantitative estimate of drug-likeness (QED) is 0.285. The zero-order chi connectivity index (χ0) is 26.2.